The minimum absolute atomic E-state index is 0.146. The first-order valence-corrected chi connectivity index (χ1v) is 18.2. The van der Waals surface area contributed by atoms with E-state index in [1.165, 1.54) is 12.1 Å². The van der Waals surface area contributed by atoms with Crippen molar-refractivity contribution in [1.82, 2.24) is 9.97 Å². The lowest BCUT2D eigenvalue weighted by molar-refractivity contribution is -0.000521. The minimum Gasteiger partial charge on any atom is -0.449 e. The molecule has 3 amide bonds. The molecule has 0 saturated carbocycles. The predicted octanol–water partition coefficient (Wildman–Crippen LogP) is 6.83. The second-order valence-corrected chi connectivity index (χ2v) is 14.4. The fourth-order valence-electron chi connectivity index (χ4n) is 8.03. The van der Waals surface area contributed by atoms with Crippen LogP contribution in [-0.4, -0.2) is 60.5 Å². The average Bonchev–Trinajstić information content (AvgIpc) is 3.79. The van der Waals surface area contributed by atoms with Crippen LogP contribution in [0.25, 0.3) is 11.5 Å². The van der Waals surface area contributed by atoms with Gasteiger partial charge in [-0.25, -0.2) is 13.8 Å². The predicted molar refractivity (Wildman–Crippen MR) is 197 cm³/mol. The van der Waals surface area contributed by atoms with E-state index in [9.17, 15) is 23.2 Å². The Hall–Kier alpha value is -5.95. The standard InChI is InChI=1S/C41H36F2N6O5/c42-29-5-2-6-30(43)34(29)47-39(51)33-21-26-13-17-49(32-8-3-16-44-35(32)36(26)54-33)40(52)24-9-11-27(12-10-24)45-38(50)28-20-25-4-1-7-31(25)46-37(28)48-22-41(23-48)14-18-53-19-15-41/h2-3,5-6,8-12,16,20-21H,1,4,7,13-15,17-19,22-23H2,(H,45,50)(H,47,51). The maximum atomic E-state index is 14.2. The lowest BCUT2D eigenvalue weighted by Crippen LogP contribution is -2.59. The molecule has 2 saturated heterocycles. The van der Waals surface area contributed by atoms with E-state index in [1.54, 1.807) is 47.5 Å². The number of pyridine rings is 2. The van der Waals surface area contributed by atoms with Crippen LogP contribution in [0.1, 0.15) is 67.4 Å². The number of carbonyl (C=O) groups excluding carboxylic acids is 3. The van der Waals surface area contributed by atoms with Crippen molar-refractivity contribution in [3.05, 3.63) is 118 Å². The van der Waals surface area contributed by atoms with Gasteiger partial charge in [-0.2, -0.15) is 0 Å². The molecule has 1 aliphatic carbocycles. The third-order valence-electron chi connectivity index (χ3n) is 10.9. The lowest BCUT2D eigenvalue weighted by Gasteiger charge is -2.53. The van der Waals surface area contributed by atoms with Crippen LogP contribution in [-0.2, 0) is 24.0 Å². The summed E-state index contributed by atoms with van der Waals surface area (Å²) in [5, 5.41) is 5.28. The summed E-state index contributed by atoms with van der Waals surface area (Å²) in [7, 11) is 0. The van der Waals surface area contributed by atoms with Gasteiger partial charge in [-0.1, -0.05) is 6.07 Å². The summed E-state index contributed by atoms with van der Waals surface area (Å²) in [5.41, 5.74) is 4.80. The molecule has 4 aliphatic rings. The highest BCUT2D eigenvalue weighted by atomic mass is 19.1. The smallest absolute Gasteiger partial charge is 0.291 e. The molecule has 0 atom stereocenters. The highest BCUT2D eigenvalue weighted by Crippen LogP contribution is 2.43. The molecule has 5 aromatic rings. The van der Waals surface area contributed by atoms with Crippen molar-refractivity contribution in [1.29, 1.82) is 0 Å². The van der Waals surface area contributed by atoms with Gasteiger partial charge in [-0.15, -0.1) is 0 Å². The van der Waals surface area contributed by atoms with Crippen molar-refractivity contribution >= 4 is 40.6 Å². The summed E-state index contributed by atoms with van der Waals surface area (Å²) in [5.74, 6) is -2.30. The van der Waals surface area contributed by atoms with Crippen molar-refractivity contribution in [3.63, 3.8) is 0 Å². The maximum Gasteiger partial charge on any atom is 0.291 e. The number of aryl methyl sites for hydroxylation is 2. The van der Waals surface area contributed by atoms with Gasteiger partial charge >= 0.3 is 0 Å². The van der Waals surface area contributed by atoms with E-state index in [0.29, 0.717) is 45.9 Å². The molecule has 11 nitrogen and oxygen atoms in total. The monoisotopic (exact) mass is 730 g/mol. The number of rotatable bonds is 6. The zero-order chi connectivity index (χ0) is 37.0. The van der Waals surface area contributed by atoms with Crippen LogP contribution in [0, 0.1) is 17.0 Å². The Balaban J connectivity index is 0.917. The highest BCUT2D eigenvalue weighted by molar-refractivity contribution is 6.10. The SMILES string of the molecule is O=C(Nc1c(F)cccc1F)c1cc2c(o1)-c1ncccc1N(C(=O)c1ccc(NC(=O)c3cc4c(nc3N3CC5(CCOCC5)C3)CCC4)cc1)CC2. The molecule has 2 aromatic carbocycles. The fourth-order valence-corrected chi connectivity index (χ4v) is 8.03. The molecule has 0 bridgehead atoms. The van der Waals surface area contributed by atoms with Gasteiger partial charge in [0.1, 0.15) is 28.8 Å². The number of ether oxygens (including phenoxy) is 1. The number of furan rings is 1. The number of carbonyl (C=O) groups is 3. The molecule has 2 N–H and O–H groups in total. The van der Waals surface area contributed by atoms with Gasteiger partial charge in [0.15, 0.2) is 11.5 Å². The number of para-hydroxylation sites is 1. The van der Waals surface area contributed by atoms with Crippen LogP contribution in [0.3, 0.4) is 0 Å². The third-order valence-corrected chi connectivity index (χ3v) is 10.9. The van der Waals surface area contributed by atoms with Crippen molar-refractivity contribution in [2.24, 2.45) is 5.41 Å². The van der Waals surface area contributed by atoms with E-state index < -0.39 is 23.2 Å². The zero-order valence-electron chi connectivity index (χ0n) is 29.3. The molecule has 3 aromatic heterocycles. The largest absolute Gasteiger partial charge is 0.449 e. The van der Waals surface area contributed by atoms with E-state index in [4.69, 9.17) is 14.1 Å². The number of fused-ring (bicyclic) bond motifs is 4. The maximum absolute atomic E-state index is 14.2. The van der Waals surface area contributed by atoms with Crippen LogP contribution in [0.15, 0.2) is 77.3 Å². The first-order valence-electron chi connectivity index (χ1n) is 18.2. The Kier molecular flexibility index (Phi) is 8.45. The van der Waals surface area contributed by atoms with Gasteiger partial charge in [-0.05, 0) is 105 Å². The molecule has 0 unspecified atom stereocenters. The second-order valence-electron chi connectivity index (χ2n) is 14.4. The quantitative estimate of drug-likeness (QED) is 0.195. The second kappa shape index (κ2) is 13.5. The summed E-state index contributed by atoms with van der Waals surface area (Å²) in [6.07, 6.45) is 6.77. The minimum atomic E-state index is -0.913. The number of amides is 3. The third kappa shape index (κ3) is 6.07. The number of aromatic nitrogens is 2. The van der Waals surface area contributed by atoms with Crippen LogP contribution in [0.2, 0.25) is 0 Å². The van der Waals surface area contributed by atoms with Gasteiger partial charge in [0, 0.05) is 67.0 Å². The summed E-state index contributed by atoms with van der Waals surface area (Å²) >= 11 is 0. The van der Waals surface area contributed by atoms with Crippen molar-refractivity contribution in [2.75, 3.05) is 53.3 Å². The molecule has 274 valence electrons. The molecule has 13 heteroatoms. The number of nitrogens with zero attached hydrogens (tertiary/aromatic N) is 4. The first-order chi connectivity index (χ1) is 26.2. The van der Waals surface area contributed by atoms with Crippen LogP contribution in [0.4, 0.5) is 31.7 Å². The Morgan fingerprint density at radius 1 is 0.833 bits per heavy atom. The topological polar surface area (TPSA) is 130 Å². The normalized spacial score (nSPS) is 16.9. The molecule has 0 radical (unpaired) electrons. The molecule has 1 spiro atoms. The van der Waals surface area contributed by atoms with E-state index in [-0.39, 0.29) is 29.5 Å². The van der Waals surface area contributed by atoms with Crippen LogP contribution >= 0.6 is 0 Å². The molecule has 9 rings (SSSR count). The number of anilines is 4. The van der Waals surface area contributed by atoms with Gasteiger partial charge in [0.25, 0.3) is 17.7 Å². The van der Waals surface area contributed by atoms with E-state index in [1.807, 2.05) is 6.07 Å². The van der Waals surface area contributed by atoms with Gasteiger partial charge in [-0.3, -0.25) is 19.4 Å². The van der Waals surface area contributed by atoms with E-state index >= 15 is 0 Å². The average molecular weight is 731 g/mol. The molecule has 54 heavy (non-hydrogen) atoms. The highest BCUT2D eigenvalue weighted by Gasteiger charge is 2.45. The van der Waals surface area contributed by atoms with Gasteiger partial charge in [0.2, 0.25) is 0 Å². The summed E-state index contributed by atoms with van der Waals surface area (Å²) < 4.78 is 39.9. The summed E-state index contributed by atoms with van der Waals surface area (Å²) in [6.45, 7) is 3.51. The Morgan fingerprint density at radius 3 is 2.39 bits per heavy atom. The fraction of sp³-hybridized carbons (Fsp3) is 0.293. The lowest BCUT2D eigenvalue weighted by atomic mass is 9.73. The molecule has 2 fully saturated rings. The summed E-state index contributed by atoms with van der Waals surface area (Å²) in [4.78, 5) is 54.1. The van der Waals surface area contributed by atoms with Gasteiger partial charge < -0.3 is 29.6 Å². The molecular formula is C41H36F2N6O5. The molecule has 6 heterocycles. The number of hydrogen-bond donors (Lipinski definition) is 2. The van der Waals surface area contributed by atoms with E-state index in [0.717, 1.165) is 87.6 Å². The molecule has 3 aliphatic heterocycles. The number of benzene rings is 2. The first kappa shape index (κ1) is 33.9. The van der Waals surface area contributed by atoms with Crippen LogP contribution < -0.4 is 20.4 Å². The van der Waals surface area contributed by atoms with Crippen molar-refractivity contribution < 1.29 is 32.3 Å². The van der Waals surface area contributed by atoms with Crippen LogP contribution in [0.5, 0.6) is 0 Å². The Labute approximate surface area is 309 Å². The summed E-state index contributed by atoms with van der Waals surface area (Å²) in [6, 6.07) is 17.0. The van der Waals surface area contributed by atoms with Gasteiger partial charge in [0.05, 0.1) is 11.3 Å². The number of hydrogen-bond acceptors (Lipinski definition) is 8. The Bertz CT molecular complexity index is 2290. The van der Waals surface area contributed by atoms with Crippen molar-refractivity contribution in [3.8, 4) is 11.5 Å². The molecular weight excluding hydrogens is 694 g/mol. The number of halogens is 2. The van der Waals surface area contributed by atoms with Crippen molar-refractivity contribution in [2.45, 2.75) is 38.5 Å². The Morgan fingerprint density at radius 2 is 1.61 bits per heavy atom. The number of nitrogens with one attached hydrogen (secondary N) is 2. The van der Waals surface area contributed by atoms with E-state index in [2.05, 4.69) is 20.5 Å². The zero-order valence-corrected chi connectivity index (χ0v) is 29.3.